The van der Waals surface area contributed by atoms with Crippen molar-refractivity contribution in [2.24, 2.45) is 5.14 Å². The molecule has 0 aromatic heterocycles. The topological polar surface area (TPSA) is 154 Å². The summed E-state index contributed by atoms with van der Waals surface area (Å²) in [6.45, 7) is 7.72. The van der Waals surface area contributed by atoms with E-state index in [9.17, 15) is 23.1 Å². The normalized spacial score (nSPS) is 10.8. The smallest absolute Gasteiger partial charge is 0.238 e. The first kappa shape index (κ1) is 24.0. The number of aliphatic carboxylic acids is 1. The number of aliphatic hydroxyl groups is 1. The van der Waals surface area contributed by atoms with Crippen LogP contribution in [0, 0.1) is 0 Å². The van der Waals surface area contributed by atoms with Crippen LogP contribution in [0.3, 0.4) is 0 Å². The van der Waals surface area contributed by atoms with Gasteiger partial charge in [-0.2, -0.15) is 0 Å². The van der Waals surface area contributed by atoms with E-state index in [1.165, 1.54) is 29.2 Å². The van der Waals surface area contributed by atoms with E-state index in [0.29, 0.717) is 12.3 Å². The predicted octanol–water partition coefficient (Wildman–Crippen LogP) is -2.29. The van der Waals surface area contributed by atoms with Crippen LogP contribution < -0.4 is 20.5 Å². The van der Waals surface area contributed by atoms with Crippen LogP contribution in [0.5, 0.6) is 0 Å². The fraction of sp³-hybridized carbons (Fsp3) is 0.500. The van der Waals surface area contributed by atoms with Crippen LogP contribution in [-0.4, -0.2) is 51.6 Å². The number of amides is 1. The van der Waals surface area contributed by atoms with Crippen LogP contribution in [0.15, 0.2) is 29.2 Å². The molecule has 0 aliphatic heterocycles. The molecule has 148 valence electrons. The molecule has 0 spiro atoms. The van der Waals surface area contributed by atoms with Crippen molar-refractivity contribution in [2.75, 3.05) is 31.6 Å². The van der Waals surface area contributed by atoms with Crippen LogP contribution in [0.1, 0.15) is 26.7 Å². The molecule has 0 unspecified atom stereocenters. The number of hydrogen-bond acceptors (Lipinski definition) is 6. The summed E-state index contributed by atoms with van der Waals surface area (Å²) in [5, 5.41) is 25.9. The molecule has 1 amide bonds. The maximum absolute atomic E-state index is 11.3. The number of quaternary nitrogens is 1. The highest BCUT2D eigenvalue weighted by Gasteiger charge is 2.08. The Hall–Kier alpha value is -2.01. The summed E-state index contributed by atoms with van der Waals surface area (Å²) in [6.07, 6.45) is -0.583. The fourth-order valence-corrected chi connectivity index (χ4v) is 2.44. The number of hydrogen-bond donors (Lipinski definition) is 4. The molecule has 0 bridgehead atoms. The number of likely N-dealkylation sites (N-methyl/N-ethyl adjacent to an activating group) is 1. The molecule has 26 heavy (non-hydrogen) atoms. The van der Waals surface area contributed by atoms with Crippen molar-refractivity contribution in [2.45, 2.75) is 31.6 Å². The number of rotatable bonds is 9. The van der Waals surface area contributed by atoms with Gasteiger partial charge in [-0.1, -0.05) is 0 Å². The SMILES string of the molecule is CC[NH+](CC)CCO.NS(=O)(=O)c1ccc(NC(=O)CCC(=O)[O-])cc1. The van der Waals surface area contributed by atoms with E-state index in [1.807, 2.05) is 0 Å². The third kappa shape index (κ3) is 10.8. The lowest BCUT2D eigenvalue weighted by atomic mass is 10.2. The van der Waals surface area contributed by atoms with Gasteiger partial charge < -0.3 is 25.2 Å². The molecule has 5 N–H and O–H groups in total. The molecule has 1 rings (SSSR count). The zero-order valence-electron chi connectivity index (χ0n) is 15.0. The maximum Gasteiger partial charge on any atom is 0.238 e. The monoisotopic (exact) mass is 389 g/mol. The van der Waals surface area contributed by atoms with Crippen molar-refractivity contribution in [1.29, 1.82) is 0 Å². The quantitative estimate of drug-likeness (QED) is 0.373. The summed E-state index contributed by atoms with van der Waals surface area (Å²) in [7, 11) is -3.77. The minimum atomic E-state index is -3.77. The third-order valence-electron chi connectivity index (χ3n) is 3.49. The molecule has 1 aromatic carbocycles. The van der Waals surface area contributed by atoms with Gasteiger partial charge in [0.1, 0.15) is 6.54 Å². The summed E-state index contributed by atoms with van der Waals surface area (Å²) in [4.78, 5) is 22.8. The highest BCUT2D eigenvalue weighted by Crippen LogP contribution is 2.12. The molecule has 0 saturated carbocycles. The number of nitrogens with one attached hydrogen (secondary N) is 2. The number of carboxylic acids is 1. The molecular weight excluding hydrogens is 362 g/mol. The van der Waals surface area contributed by atoms with Gasteiger partial charge in [0.15, 0.2) is 0 Å². The van der Waals surface area contributed by atoms with Gasteiger partial charge in [-0.3, -0.25) is 4.79 Å². The maximum atomic E-state index is 11.3. The Morgan fingerprint density at radius 1 is 1.15 bits per heavy atom. The molecule has 0 aliphatic carbocycles. The first-order valence-electron chi connectivity index (χ1n) is 8.21. The minimum Gasteiger partial charge on any atom is -0.550 e. The van der Waals surface area contributed by atoms with Gasteiger partial charge in [-0.25, -0.2) is 13.6 Å². The van der Waals surface area contributed by atoms with Gasteiger partial charge in [0.2, 0.25) is 15.9 Å². The van der Waals surface area contributed by atoms with Gasteiger partial charge in [-0.15, -0.1) is 0 Å². The molecule has 0 atom stereocenters. The Morgan fingerprint density at radius 2 is 1.69 bits per heavy atom. The van der Waals surface area contributed by atoms with Crippen molar-refractivity contribution >= 4 is 27.6 Å². The molecule has 0 aliphatic rings. The van der Waals surface area contributed by atoms with E-state index in [4.69, 9.17) is 10.2 Å². The number of aliphatic hydroxyl groups excluding tert-OH is 1. The first-order chi connectivity index (χ1) is 12.1. The van der Waals surface area contributed by atoms with Gasteiger partial charge >= 0.3 is 0 Å². The number of benzene rings is 1. The van der Waals surface area contributed by atoms with Crippen molar-refractivity contribution in [1.82, 2.24) is 0 Å². The second-order valence-corrected chi connectivity index (χ2v) is 6.98. The largest absolute Gasteiger partial charge is 0.550 e. The average molecular weight is 389 g/mol. The molecule has 0 radical (unpaired) electrons. The van der Waals surface area contributed by atoms with Gasteiger partial charge in [-0.05, 0) is 44.5 Å². The minimum absolute atomic E-state index is 0.0739. The molecule has 10 heteroatoms. The lowest BCUT2D eigenvalue weighted by molar-refractivity contribution is -0.896. The molecular formula is C16H27N3O6S. The highest BCUT2D eigenvalue weighted by atomic mass is 32.2. The number of carbonyl (C=O) groups excluding carboxylic acids is 2. The molecule has 0 saturated heterocycles. The van der Waals surface area contributed by atoms with Crippen molar-refractivity contribution < 1.29 is 33.1 Å². The first-order valence-corrected chi connectivity index (χ1v) is 9.75. The zero-order chi connectivity index (χ0) is 20.2. The summed E-state index contributed by atoms with van der Waals surface area (Å²) >= 11 is 0. The Labute approximate surface area is 153 Å². The Kier molecular flexibility index (Phi) is 11.4. The number of sulfonamides is 1. The van der Waals surface area contributed by atoms with E-state index >= 15 is 0 Å². The van der Waals surface area contributed by atoms with Crippen LogP contribution in [0.2, 0.25) is 0 Å². The van der Waals surface area contributed by atoms with E-state index in [2.05, 4.69) is 19.2 Å². The van der Waals surface area contributed by atoms with E-state index in [0.717, 1.165) is 19.6 Å². The number of anilines is 1. The van der Waals surface area contributed by atoms with Gasteiger partial charge in [0.05, 0.1) is 24.6 Å². The fourth-order valence-electron chi connectivity index (χ4n) is 1.93. The second-order valence-electron chi connectivity index (χ2n) is 5.42. The van der Waals surface area contributed by atoms with Crippen LogP contribution in [0.25, 0.3) is 0 Å². The summed E-state index contributed by atoms with van der Waals surface area (Å²) in [6, 6.07) is 5.20. The molecule has 1 aromatic rings. The second kappa shape index (κ2) is 12.4. The number of carbonyl (C=O) groups is 2. The Balaban J connectivity index is 0.000000660. The van der Waals surface area contributed by atoms with Gasteiger partial charge in [0, 0.05) is 18.1 Å². The van der Waals surface area contributed by atoms with E-state index < -0.39 is 21.9 Å². The highest BCUT2D eigenvalue weighted by molar-refractivity contribution is 7.89. The number of nitrogens with two attached hydrogens (primary N) is 1. The van der Waals surface area contributed by atoms with Crippen molar-refractivity contribution in [3.05, 3.63) is 24.3 Å². The van der Waals surface area contributed by atoms with Crippen molar-refractivity contribution in [3.8, 4) is 0 Å². The molecule has 0 fully saturated rings. The van der Waals surface area contributed by atoms with E-state index in [-0.39, 0.29) is 17.7 Å². The van der Waals surface area contributed by atoms with E-state index in [1.54, 1.807) is 0 Å². The molecule has 9 nitrogen and oxygen atoms in total. The number of carboxylic acid groups (broad SMARTS) is 1. The third-order valence-corrected chi connectivity index (χ3v) is 4.42. The lowest BCUT2D eigenvalue weighted by Gasteiger charge is -2.12. The Bertz CT molecular complexity index is 657. The lowest BCUT2D eigenvalue weighted by Crippen LogP contribution is -3.11. The molecule has 0 heterocycles. The Morgan fingerprint density at radius 3 is 2.04 bits per heavy atom. The standard InChI is InChI=1S/C10H12N2O5S.C6H15NO/c11-18(16,17)8-3-1-7(2-4-8)12-9(13)5-6-10(14)15;1-3-7(4-2)5-6-8/h1-4H,5-6H2,(H,12,13)(H,14,15)(H2,11,16,17);8H,3-6H2,1-2H3. The van der Waals surface area contributed by atoms with Gasteiger partial charge in [0.25, 0.3) is 0 Å². The zero-order valence-corrected chi connectivity index (χ0v) is 15.8. The predicted molar refractivity (Wildman–Crippen MR) is 94.7 cm³/mol. The summed E-state index contributed by atoms with van der Waals surface area (Å²) in [5.41, 5.74) is 0.353. The number of primary sulfonamides is 1. The summed E-state index contributed by atoms with van der Waals surface area (Å²) in [5.74, 6) is -1.81. The summed E-state index contributed by atoms with van der Waals surface area (Å²) < 4.78 is 21.9. The average Bonchev–Trinajstić information content (AvgIpc) is 2.58. The van der Waals surface area contributed by atoms with Crippen LogP contribution in [-0.2, 0) is 19.6 Å². The van der Waals surface area contributed by atoms with Crippen LogP contribution >= 0.6 is 0 Å². The van der Waals surface area contributed by atoms with Crippen molar-refractivity contribution in [3.63, 3.8) is 0 Å². The van der Waals surface area contributed by atoms with Crippen LogP contribution in [0.4, 0.5) is 5.69 Å².